The van der Waals surface area contributed by atoms with Crippen LogP contribution in [0.2, 0.25) is 0 Å². The number of benzene rings is 2. The molecule has 0 saturated heterocycles. The number of aromatic amines is 1. The van der Waals surface area contributed by atoms with Crippen molar-refractivity contribution in [2.24, 2.45) is 5.92 Å². The monoisotopic (exact) mass is 442 g/mol. The van der Waals surface area contributed by atoms with Crippen LogP contribution in [0.15, 0.2) is 47.4 Å². The molecular formula is C23H30N4O3S. The number of nitrogens with one attached hydrogen (secondary N) is 2. The zero-order chi connectivity index (χ0) is 22.8. The number of amides is 1. The minimum absolute atomic E-state index is 0.0776. The Labute approximate surface area is 183 Å². The van der Waals surface area contributed by atoms with Gasteiger partial charge in [0.25, 0.3) is 5.91 Å². The summed E-state index contributed by atoms with van der Waals surface area (Å²) in [7, 11) is -3.67. The van der Waals surface area contributed by atoms with Crippen LogP contribution in [0.5, 0.6) is 0 Å². The lowest BCUT2D eigenvalue weighted by atomic mass is 10.0. The molecule has 0 spiro atoms. The lowest BCUT2D eigenvalue weighted by Gasteiger charge is -2.22. The molecule has 1 atom stereocenters. The maximum absolute atomic E-state index is 13.1. The lowest BCUT2D eigenvalue weighted by molar-refractivity contribution is 0.0923. The Kier molecular flexibility index (Phi) is 6.81. The van der Waals surface area contributed by atoms with Gasteiger partial charge in [0.1, 0.15) is 5.82 Å². The second-order valence-corrected chi connectivity index (χ2v) is 9.81. The molecule has 0 saturated carbocycles. The fraction of sp³-hybridized carbons (Fsp3) is 0.391. The summed E-state index contributed by atoms with van der Waals surface area (Å²) >= 11 is 0. The zero-order valence-corrected chi connectivity index (χ0v) is 19.5. The smallest absolute Gasteiger partial charge is 0.251 e. The predicted molar refractivity (Wildman–Crippen MR) is 122 cm³/mol. The number of para-hydroxylation sites is 2. The predicted octanol–water partition coefficient (Wildman–Crippen LogP) is 4.03. The molecule has 1 heterocycles. The Morgan fingerprint density at radius 2 is 1.81 bits per heavy atom. The van der Waals surface area contributed by atoms with E-state index in [1.54, 1.807) is 32.9 Å². The Balaban J connectivity index is 1.93. The van der Waals surface area contributed by atoms with Crippen LogP contribution in [0.1, 0.15) is 55.5 Å². The van der Waals surface area contributed by atoms with E-state index in [0.29, 0.717) is 30.0 Å². The third-order valence-corrected chi connectivity index (χ3v) is 7.62. The molecule has 1 aromatic heterocycles. The second kappa shape index (κ2) is 9.20. The number of nitrogens with zero attached hydrogens (tertiary/aromatic N) is 2. The van der Waals surface area contributed by atoms with E-state index >= 15 is 0 Å². The van der Waals surface area contributed by atoms with Gasteiger partial charge in [-0.2, -0.15) is 4.31 Å². The summed E-state index contributed by atoms with van der Waals surface area (Å²) < 4.78 is 27.4. The molecule has 3 aromatic rings. The van der Waals surface area contributed by atoms with Crippen molar-refractivity contribution in [1.82, 2.24) is 19.6 Å². The number of hydrogen-bond acceptors (Lipinski definition) is 4. The van der Waals surface area contributed by atoms with Crippen LogP contribution >= 0.6 is 0 Å². The Morgan fingerprint density at radius 3 is 2.42 bits per heavy atom. The fourth-order valence-electron chi connectivity index (χ4n) is 3.62. The van der Waals surface area contributed by atoms with Crippen molar-refractivity contribution in [1.29, 1.82) is 0 Å². The average molecular weight is 443 g/mol. The van der Waals surface area contributed by atoms with Crippen LogP contribution in [-0.4, -0.2) is 41.7 Å². The molecule has 2 aromatic carbocycles. The number of H-pyrrole nitrogens is 1. The number of rotatable bonds is 8. The van der Waals surface area contributed by atoms with Gasteiger partial charge in [0.2, 0.25) is 10.0 Å². The Morgan fingerprint density at radius 1 is 1.13 bits per heavy atom. The summed E-state index contributed by atoms with van der Waals surface area (Å²) in [6.45, 7) is 10.1. The van der Waals surface area contributed by atoms with E-state index in [0.717, 1.165) is 11.0 Å². The quantitative estimate of drug-likeness (QED) is 0.551. The Hall–Kier alpha value is -2.71. The fourth-order valence-corrected chi connectivity index (χ4v) is 5.33. The summed E-state index contributed by atoms with van der Waals surface area (Å²) in [5.74, 6) is 0.414. The van der Waals surface area contributed by atoms with Crippen LogP contribution in [0.25, 0.3) is 11.0 Å². The third-order valence-electron chi connectivity index (χ3n) is 5.43. The van der Waals surface area contributed by atoms with Crippen LogP contribution in [0.3, 0.4) is 0 Å². The van der Waals surface area contributed by atoms with Gasteiger partial charge < -0.3 is 10.3 Å². The maximum atomic E-state index is 13.1. The standard InChI is InChI=1S/C23H30N4O3S/c1-6-27(7-2)31(29,30)20-14-17(13-12-16(20)5)23(28)26-21(15(3)4)22-24-18-10-8-9-11-19(18)25-22/h8-15,21H,6-7H2,1-5H3,(H,24,25)(H,26,28)/t21-/m0/s1. The molecule has 166 valence electrons. The van der Waals surface area contributed by atoms with Crippen LogP contribution in [0, 0.1) is 12.8 Å². The maximum Gasteiger partial charge on any atom is 0.251 e. The first-order valence-corrected chi connectivity index (χ1v) is 12.0. The van der Waals surface area contributed by atoms with Gasteiger partial charge in [-0.1, -0.05) is 45.9 Å². The summed E-state index contributed by atoms with van der Waals surface area (Å²) in [6.07, 6.45) is 0. The molecular weight excluding hydrogens is 412 g/mol. The van der Waals surface area contributed by atoms with E-state index in [4.69, 9.17) is 0 Å². The summed E-state index contributed by atoms with van der Waals surface area (Å²) in [4.78, 5) is 21.2. The first-order valence-electron chi connectivity index (χ1n) is 10.5. The molecule has 0 aliphatic rings. The molecule has 0 unspecified atom stereocenters. The second-order valence-electron chi connectivity index (χ2n) is 7.90. The summed E-state index contributed by atoms with van der Waals surface area (Å²) in [5.41, 5.74) is 2.65. The third kappa shape index (κ3) is 4.65. The highest BCUT2D eigenvalue weighted by Crippen LogP contribution is 2.25. The minimum Gasteiger partial charge on any atom is -0.342 e. The molecule has 0 aliphatic carbocycles. The number of carbonyl (C=O) groups is 1. The van der Waals surface area contributed by atoms with Crippen molar-refractivity contribution < 1.29 is 13.2 Å². The molecule has 0 bridgehead atoms. The molecule has 2 N–H and O–H groups in total. The molecule has 0 fully saturated rings. The van der Waals surface area contributed by atoms with E-state index in [1.807, 2.05) is 38.1 Å². The van der Waals surface area contributed by atoms with Crippen molar-refractivity contribution in [3.8, 4) is 0 Å². The van der Waals surface area contributed by atoms with Gasteiger partial charge in [-0.15, -0.1) is 0 Å². The highest BCUT2D eigenvalue weighted by molar-refractivity contribution is 7.89. The molecule has 31 heavy (non-hydrogen) atoms. The van der Waals surface area contributed by atoms with Crippen molar-refractivity contribution >= 4 is 27.0 Å². The normalized spacial score (nSPS) is 13.1. The number of aryl methyl sites for hydroxylation is 1. The van der Waals surface area contributed by atoms with Gasteiger partial charge in [0.05, 0.1) is 22.0 Å². The first-order chi connectivity index (χ1) is 14.7. The SMILES string of the molecule is CCN(CC)S(=O)(=O)c1cc(C(=O)N[C@H](c2nc3ccccc3[nH]2)C(C)C)ccc1C. The number of sulfonamides is 1. The van der Waals surface area contributed by atoms with E-state index in [1.165, 1.54) is 10.4 Å². The summed E-state index contributed by atoms with van der Waals surface area (Å²) in [5, 5.41) is 3.02. The summed E-state index contributed by atoms with van der Waals surface area (Å²) in [6, 6.07) is 12.2. The highest BCUT2D eigenvalue weighted by atomic mass is 32.2. The van der Waals surface area contributed by atoms with Gasteiger partial charge in [0, 0.05) is 18.7 Å². The Bertz CT molecular complexity index is 1150. The van der Waals surface area contributed by atoms with Gasteiger partial charge in [-0.3, -0.25) is 4.79 Å². The van der Waals surface area contributed by atoms with Crippen LogP contribution < -0.4 is 5.32 Å². The average Bonchev–Trinajstić information content (AvgIpc) is 3.16. The van der Waals surface area contributed by atoms with Gasteiger partial charge >= 0.3 is 0 Å². The number of hydrogen-bond donors (Lipinski definition) is 2. The van der Waals surface area contributed by atoms with Gasteiger partial charge in [-0.25, -0.2) is 13.4 Å². The molecule has 0 aliphatic heterocycles. The zero-order valence-electron chi connectivity index (χ0n) is 18.6. The number of aromatic nitrogens is 2. The van der Waals surface area contributed by atoms with Crippen LogP contribution in [0.4, 0.5) is 0 Å². The first kappa shape index (κ1) is 23.0. The van der Waals surface area contributed by atoms with Crippen molar-refractivity contribution in [3.05, 3.63) is 59.4 Å². The molecule has 3 rings (SSSR count). The van der Waals surface area contributed by atoms with E-state index in [-0.39, 0.29) is 22.8 Å². The molecule has 8 heteroatoms. The molecule has 0 radical (unpaired) electrons. The number of carbonyl (C=O) groups excluding carboxylic acids is 1. The number of imidazole rings is 1. The van der Waals surface area contributed by atoms with Gasteiger partial charge in [0.15, 0.2) is 0 Å². The van der Waals surface area contributed by atoms with Crippen molar-refractivity contribution in [2.45, 2.75) is 45.6 Å². The molecule has 1 amide bonds. The van der Waals surface area contributed by atoms with Crippen molar-refractivity contribution in [3.63, 3.8) is 0 Å². The largest absolute Gasteiger partial charge is 0.342 e. The van der Waals surface area contributed by atoms with Crippen molar-refractivity contribution in [2.75, 3.05) is 13.1 Å². The van der Waals surface area contributed by atoms with Gasteiger partial charge in [-0.05, 0) is 42.7 Å². The van der Waals surface area contributed by atoms with E-state index in [2.05, 4.69) is 15.3 Å². The van der Waals surface area contributed by atoms with E-state index in [9.17, 15) is 13.2 Å². The topological polar surface area (TPSA) is 95.2 Å². The highest BCUT2D eigenvalue weighted by Gasteiger charge is 2.26. The van der Waals surface area contributed by atoms with E-state index < -0.39 is 10.0 Å². The van der Waals surface area contributed by atoms with Crippen LogP contribution in [-0.2, 0) is 10.0 Å². The number of fused-ring (bicyclic) bond motifs is 1. The molecule has 7 nitrogen and oxygen atoms in total. The minimum atomic E-state index is -3.67. The lowest BCUT2D eigenvalue weighted by Crippen LogP contribution is -2.33.